The summed E-state index contributed by atoms with van der Waals surface area (Å²) in [5.74, 6) is -0.777. The van der Waals surface area contributed by atoms with Gasteiger partial charge in [-0.15, -0.1) is 0 Å². The van der Waals surface area contributed by atoms with E-state index in [0.29, 0.717) is 34.1 Å². The number of nitrogens with one attached hydrogen (secondary N) is 2. The van der Waals surface area contributed by atoms with E-state index in [9.17, 15) is 9.59 Å². The van der Waals surface area contributed by atoms with Gasteiger partial charge >= 0.3 is 0 Å². The Morgan fingerprint density at radius 1 is 1.16 bits per heavy atom. The van der Waals surface area contributed by atoms with Gasteiger partial charge in [0.05, 0.1) is 17.3 Å². The van der Waals surface area contributed by atoms with Gasteiger partial charge in [0.25, 0.3) is 11.8 Å². The molecule has 0 aliphatic heterocycles. The van der Waals surface area contributed by atoms with Crippen molar-refractivity contribution in [1.29, 1.82) is 5.26 Å². The second-order valence-corrected chi connectivity index (χ2v) is 9.70. The minimum absolute atomic E-state index is 0.123. The zero-order chi connectivity index (χ0) is 26.5. The fourth-order valence-corrected chi connectivity index (χ4v) is 4.93. The van der Waals surface area contributed by atoms with Gasteiger partial charge in [-0.1, -0.05) is 30.8 Å². The smallest absolute Gasteiger partial charge is 0.270 e. The third-order valence-electron chi connectivity index (χ3n) is 7.02. The summed E-state index contributed by atoms with van der Waals surface area (Å²) in [5, 5.41) is 17.1. The fourth-order valence-electron chi connectivity index (χ4n) is 4.93. The highest BCUT2D eigenvalue weighted by Crippen LogP contribution is 2.33. The number of pyridine rings is 1. The molecule has 8 heteroatoms. The molecule has 4 N–H and O–H groups in total. The number of aromatic nitrogens is 1. The molecule has 0 atom stereocenters. The third kappa shape index (κ3) is 5.79. The number of carbonyl (C=O) groups is 2. The first-order valence-corrected chi connectivity index (χ1v) is 12.4. The van der Waals surface area contributed by atoms with Gasteiger partial charge in [-0.3, -0.25) is 14.6 Å². The van der Waals surface area contributed by atoms with Gasteiger partial charge in [0.2, 0.25) is 0 Å². The molecule has 1 fully saturated rings. The number of nitrogens with zero attached hydrogens (tertiary/aromatic N) is 3. The Morgan fingerprint density at radius 3 is 2.57 bits per heavy atom. The fraction of sp³-hybridized carbons (Fsp3) is 0.310. The molecule has 1 heterocycles. The van der Waals surface area contributed by atoms with Gasteiger partial charge in [-0.05, 0) is 68.9 Å². The maximum absolute atomic E-state index is 13.3. The lowest BCUT2D eigenvalue weighted by Gasteiger charge is -2.33. The number of benzene rings is 2. The predicted octanol–water partition coefficient (Wildman–Crippen LogP) is 4.09. The Morgan fingerprint density at radius 2 is 1.89 bits per heavy atom. The van der Waals surface area contributed by atoms with E-state index in [-0.39, 0.29) is 18.5 Å². The molecule has 3 aromatic rings. The molecule has 190 valence electrons. The lowest BCUT2D eigenvalue weighted by atomic mass is 9.90. The molecule has 2 aromatic carbocycles. The molecule has 0 bridgehead atoms. The van der Waals surface area contributed by atoms with Crippen molar-refractivity contribution >= 4 is 28.3 Å². The summed E-state index contributed by atoms with van der Waals surface area (Å²) < 4.78 is 0. The van der Waals surface area contributed by atoms with Crippen molar-refractivity contribution in [3.63, 3.8) is 0 Å². The van der Waals surface area contributed by atoms with E-state index in [1.54, 1.807) is 18.3 Å². The van der Waals surface area contributed by atoms with E-state index in [1.165, 1.54) is 0 Å². The Labute approximate surface area is 217 Å². The molecular formula is C29H32N6O2. The third-order valence-corrected chi connectivity index (χ3v) is 7.02. The number of amides is 2. The van der Waals surface area contributed by atoms with Crippen LogP contribution in [0.25, 0.3) is 21.9 Å². The average Bonchev–Trinajstić information content (AvgIpc) is 2.91. The number of anilines is 1. The van der Waals surface area contributed by atoms with Gasteiger partial charge in [-0.2, -0.15) is 5.26 Å². The van der Waals surface area contributed by atoms with Crippen molar-refractivity contribution < 1.29 is 9.59 Å². The molecule has 0 unspecified atom stereocenters. The monoisotopic (exact) mass is 496 g/mol. The molecule has 1 aliphatic carbocycles. The molecule has 0 saturated heterocycles. The van der Waals surface area contributed by atoms with E-state index < -0.39 is 5.91 Å². The van der Waals surface area contributed by atoms with Crippen LogP contribution in [0, 0.1) is 11.3 Å². The van der Waals surface area contributed by atoms with E-state index in [1.807, 2.05) is 36.4 Å². The van der Waals surface area contributed by atoms with Gasteiger partial charge < -0.3 is 21.3 Å². The maximum atomic E-state index is 13.3. The molecule has 1 aliphatic rings. The molecule has 8 nitrogen and oxygen atoms in total. The number of hydrogen-bond acceptors (Lipinski definition) is 6. The van der Waals surface area contributed by atoms with Crippen molar-refractivity contribution in [3.8, 4) is 17.2 Å². The van der Waals surface area contributed by atoms with E-state index >= 15 is 0 Å². The zero-order valence-corrected chi connectivity index (χ0v) is 21.3. The molecule has 0 spiro atoms. The quantitative estimate of drug-likeness (QED) is 0.404. The van der Waals surface area contributed by atoms with Gasteiger partial charge in [0.1, 0.15) is 5.69 Å². The summed E-state index contributed by atoms with van der Waals surface area (Å²) in [6.07, 6.45) is 5.59. The van der Waals surface area contributed by atoms with Crippen LogP contribution in [0.15, 0.2) is 60.8 Å². The van der Waals surface area contributed by atoms with Gasteiger partial charge in [0, 0.05) is 41.3 Å². The largest absolute Gasteiger partial charge is 0.379 e. The maximum Gasteiger partial charge on any atom is 0.270 e. The first kappa shape index (κ1) is 25.9. The SMILES string of the molecule is C=C(C#N)CNc1c(C(N)=O)ccc2ccc(-c3cccnc3C(=O)NC3CCC(N(C)C)CC3)cc12. The number of fused-ring (bicyclic) bond motifs is 1. The predicted molar refractivity (Wildman–Crippen MR) is 146 cm³/mol. The number of primary amides is 1. The average molecular weight is 497 g/mol. The number of nitriles is 1. The Balaban J connectivity index is 1.67. The number of rotatable bonds is 8. The van der Waals surface area contributed by atoms with E-state index in [2.05, 4.69) is 41.2 Å². The summed E-state index contributed by atoms with van der Waals surface area (Å²) in [6, 6.07) is 15.6. The molecule has 1 saturated carbocycles. The molecule has 1 aromatic heterocycles. The summed E-state index contributed by atoms with van der Waals surface area (Å²) in [4.78, 5) is 32.1. The Kier molecular flexibility index (Phi) is 7.85. The van der Waals surface area contributed by atoms with Gasteiger partial charge in [-0.25, -0.2) is 0 Å². The highest BCUT2D eigenvalue weighted by Gasteiger charge is 2.25. The van der Waals surface area contributed by atoms with Crippen LogP contribution in [0.1, 0.15) is 46.5 Å². The highest BCUT2D eigenvalue weighted by molar-refractivity contribution is 6.09. The van der Waals surface area contributed by atoms with E-state index in [0.717, 1.165) is 42.0 Å². The van der Waals surface area contributed by atoms with Crippen LogP contribution >= 0.6 is 0 Å². The first-order chi connectivity index (χ1) is 17.8. The van der Waals surface area contributed by atoms with Crippen LogP contribution in [0.4, 0.5) is 5.69 Å². The standard InChI is InChI=1S/C29H32N6O2/c1-18(16-30)17-33-26-24(28(31)36)13-8-19-6-7-20(15-25(19)26)23-5-4-14-32-27(23)29(37)34-21-9-11-22(12-10-21)35(2)3/h4-8,13-15,21-22,33H,1,9-12,17H2,2-3H3,(H2,31,36)(H,34,37). The Hall–Kier alpha value is -4.22. The molecule has 0 radical (unpaired) electrons. The minimum atomic E-state index is -0.581. The summed E-state index contributed by atoms with van der Waals surface area (Å²) in [5.41, 5.74) is 8.64. The summed E-state index contributed by atoms with van der Waals surface area (Å²) >= 11 is 0. The van der Waals surface area contributed by atoms with Crippen LogP contribution in [0.3, 0.4) is 0 Å². The topological polar surface area (TPSA) is 124 Å². The molecule has 37 heavy (non-hydrogen) atoms. The van der Waals surface area contributed by atoms with Crippen molar-refractivity contribution in [3.05, 3.63) is 72.1 Å². The lowest BCUT2D eigenvalue weighted by Crippen LogP contribution is -2.42. The summed E-state index contributed by atoms with van der Waals surface area (Å²) in [7, 11) is 4.20. The minimum Gasteiger partial charge on any atom is -0.379 e. The van der Waals surface area contributed by atoms with E-state index in [4.69, 9.17) is 11.0 Å². The van der Waals surface area contributed by atoms with Crippen molar-refractivity contribution in [2.24, 2.45) is 5.73 Å². The van der Waals surface area contributed by atoms with Crippen LogP contribution < -0.4 is 16.4 Å². The van der Waals surface area contributed by atoms with Crippen molar-refractivity contribution in [1.82, 2.24) is 15.2 Å². The number of nitrogens with two attached hydrogens (primary N) is 1. The summed E-state index contributed by atoms with van der Waals surface area (Å²) in [6.45, 7) is 3.88. The van der Waals surface area contributed by atoms with Crippen LogP contribution in [0.5, 0.6) is 0 Å². The molecule has 2 amide bonds. The van der Waals surface area contributed by atoms with Crippen LogP contribution in [-0.2, 0) is 0 Å². The van der Waals surface area contributed by atoms with Crippen molar-refractivity contribution in [2.75, 3.05) is 26.0 Å². The van der Waals surface area contributed by atoms with Crippen LogP contribution in [0.2, 0.25) is 0 Å². The Bertz CT molecular complexity index is 1380. The second-order valence-electron chi connectivity index (χ2n) is 9.70. The number of carbonyl (C=O) groups excluding carboxylic acids is 2. The second kappa shape index (κ2) is 11.2. The molecular weight excluding hydrogens is 464 g/mol. The highest BCUT2D eigenvalue weighted by atomic mass is 16.2. The number of hydrogen-bond donors (Lipinski definition) is 3. The molecule has 4 rings (SSSR count). The van der Waals surface area contributed by atoms with Crippen molar-refractivity contribution in [2.45, 2.75) is 37.8 Å². The normalized spacial score (nSPS) is 17.2. The lowest BCUT2D eigenvalue weighted by molar-refractivity contribution is 0.0911. The first-order valence-electron chi connectivity index (χ1n) is 12.4. The van der Waals surface area contributed by atoms with Crippen LogP contribution in [-0.4, -0.2) is 54.4 Å². The zero-order valence-electron chi connectivity index (χ0n) is 21.3. The van der Waals surface area contributed by atoms with Gasteiger partial charge in [0.15, 0.2) is 0 Å².